The molecule has 0 aliphatic carbocycles. The van der Waals surface area contributed by atoms with Crippen LogP contribution in [0.25, 0.3) is 10.8 Å². The molecule has 1 aliphatic rings. The summed E-state index contributed by atoms with van der Waals surface area (Å²) in [5.74, 6) is -0.722. The summed E-state index contributed by atoms with van der Waals surface area (Å²) in [4.78, 5) is 12.9. The first-order valence-corrected chi connectivity index (χ1v) is 11.4. The topological polar surface area (TPSA) is 71.4 Å². The predicted octanol–water partition coefficient (Wildman–Crippen LogP) is 2.56. The maximum atomic E-state index is 15.2. The van der Waals surface area contributed by atoms with E-state index in [-0.39, 0.29) is 28.3 Å². The molecule has 1 saturated heterocycles. The van der Waals surface area contributed by atoms with E-state index in [0.717, 1.165) is 18.3 Å². The number of hydrogen-bond donors (Lipinski definition) is 1. The standard InChI is InChI=1S/C22H24FN3O3S/c1-16-13-26(12-6-11-24-16)30(28,29)20-10-5-9-18-21(20)19(23)15-25(22(18)27)14-17-7-3-2-4-8-17/h2-5,7-10,15-16,24H,6,11-14H2,1H3/t16-/m0/s1. The quantitative estimate of drug-likeness (QED) is 0.692. The Kier molecular flexibility index (Phi) is 5.73. The van der Waals surface area contributed by atoms with Crippen molar-refractivity contribution >= 4 is 20.8 Å². The van der Waals surface area contributed by atoms with Crippen LogP contribution in [0.3, 0.4) is 0 Å². The van der Waals surface area contributed by atoms with Gasteiger partial charge in [0.2, 0.25) is 10.0 Å². The molecule has 3 aromatic rings. The van der Waals surface area contributed by atoms with Gasteiger partial charge in [-0.1, -0.05) is 36.4 Å². The zero-order valence-corrected chi connectivity index (χ0v) is 17.5. The van der Waals surface area contributed by atoms with Crippen molar-refractivity contribution in [1.82, 2.24) is 14.2 Å². The molecular weight excluding hydrogens is 405 g/mol. The number of benzene rings is 2. The summed E-state index contributed by atoms with van der Waals surface area (Å²) in [7, 11) is -3.95. The Morgan fingerprint density at radius 1 is 1.13 bits per heavy atom. The van der Waals surface area contributed by atoms with Crippen LogP contribution < -0.4 is 10.9 Å². The zero-order chi connectivity index (χ0) is 21.3. The van der Waals surface area contributed by atoms with Gasteiger partial charge in [0.1, 0.15) is 5.82 Å². The molecule has 0 amide bonds. The second-order valence-corrected chi connectivity index (χ2v) is 9.55. The number of nitrogens with one attached hydrogen (secondary N) is 1. The maximum absolute atomic E-state index is 15.2. The third kappa shape index (κ3) is 3.90. The van der Waals surface area contributed by atoms with Crippen LogP contribution in [0.4, 0.5) is 4.39 Å². The van der Waals surface area contributed by atoms with E-state index in [0.29, 0.717) is 19.5 Å². The van der Waals surface area contributed by atoms with Crippen molar-refractivity contribution in [3.63, 3.8) is 0 Å². The average molecular weight is 430 g/mol. The van der Waals surface area contributed by atoms with Gasteiger partial charge in [-0.25, -0.2) is 12.8 Å². The van der Waals surface area contributed by atoms with E-state index in [1.54, 1.807) is 0 Å². The predicted molar refractivity (Wildman–Crippen MR) is 115 cm³/mol. The first kappa shape index (κ1) is 20.7. The van der Waals surface area contributed by atoms with Crippen molar-refractivity contribution in [3.8, 4) is 0 Å². The number of sulfonamides is 1. The number of halogens is 1. The number of fused-ring (bicyclic) bond motifs is 1. The maximum Gasteiger partial charge on any atom is 0.258 e. The normalized spacial score (nSPS) is 18.4. The highest BCUT2D eigenvalue weighted by Gasteiger charge is 2.30. The highest BCUT2D eigenvalue weighted by molar-refractivity contribution is 7.89. The van der Waals surface area contributed by atoms with Crippen LogP contribution in [0.2, 0.25) is 0 Å². The van der Waals surface area contributed by atoms with Crippen molar-refractivity contribution in [2.75, 3.05) is 19.6 Å². The Labute approximate surface area is 175 Å². The highest BCUT2D eigenvalue weighted by atomic mass is 32.2. The van der Waals surface area contributed by atoms with E-state index >= 15 is 4.39 Å². The minimum absolute atomic E-state index is 0.00908. The van der Waals surface area contributed by atoms with Gasteiger partial charge in [-0.15, -0.1) is 0 Å². The molecule has 0 spiro atoms. The summed E-state index contributed by atoms with van der Waals surface area (Å²) < 4.78 is 44.6. The van der Waals surface area contributed by atoms with E-state index in [1.165, 1.54) is 27.1 Å². The Morgan fingerprint density at radius 3 is 2.67 bits per heavy atom. The van der Waals surface area contributed by atoms with Gasteiger partial charge in [-0.3, -0.25) is 4.79 Å². The summed E-state index contributed by atoms with van der Waals surface area (Å²) in [6.07, 6.45) is 1.77. The second-order valence-electron chi connectivity index (χ2n) is 7.65. The minimum Gasteiger partial charge on any atom is -0.313 e. The molecule has 2 aromatic carbocycles. The molecule has 158 valence electrons. The Hall–Kier alpha value is -2.55. The molecule has 2 heterocycles. The Balaban J connectivity index is 1.82. The lowest BCUT2D eigenvalue weighted by molar-refractivity contribution is 0.403. The SMILES string of the molecule is C[C@H]1CN(S(=O)(=O)c2cccc3c(=O)n(Cc4ccccc4)cc(F)c23)CCCN1. The largest absolute Gasteiger partial charge is 0.313 e. The van der Waals surface area contributed by atoms with Gasteiger partial charge in [-0.05, 0) is 37.6 Å². The van der Waals surface area contributed by atoms with E-state index in [4.69, 9.17) is 0 Å². The summed E-state index contributed by atoms with van der Waals surface area (Å²) >= 11 is 0. The summed E-state index contributed by atoms with van der Waals surface area (Å²) in [5, 5.41) is 3.17. The van der Waals surface area contributed by atoms with Crippen LogP contribution in [-0.4, -0.2) is 43.0 Å². The van der Waals surface area contributed by atoms with Crippen molar-refractivity contribution in [1.29, 1.82) is 0 Å². The lowest BCUT2D eigenvalue weighted by atomic mass is 10.1. The monoisotopic (exact) mass is 429 g/mol. The Morgan fingerprint density at radius 2 is 1.90 bits per heavy atom. The molecular formula is C22H24FN3O3S. The molecule has 0 radical (unpaired) electrons. The van der Waals surface area contributed by atoms with Crippen LogP contribution in [0.15, 0.2) is 64.4 Å². The molecule has 0 bridgehead atoms. The molecule has 30 heavy (non-hydrogen) atoms. The molecule has 0 unspecified atom stereocenters. The number of nitrogens with zero attached hydrogens (tertiary/aromatic N) is 2. The number of hydrogen-bond acceptors (Lipinski definition) is 4. The fourth-order valence-electron chi connectivity index (χ4n) is 3.91. The first-order chi connectivity index (χ1) is 14.4. The van der Waals surface area contributed by atoms with E-state index in [1.807, 2.05) is 37.3 Å². The molecule has 1 aromatic heterocycles. The van der Waals surface area contributed by atoms with Gasteiger partial charge in [0.25, 0.3) is 5.56 Å². The number of rotatable bonds is 4. The zero-order valence-electron chi connectivity index (χ0n) is 16.7. The fraction of sp³-hybridized carbons (Fsp3) is 0.318. The van der Waals surface area contributed by atoms with Gasteiger partial charge in [0.15, 0.2) is 0 Å². The van der Waals surface area contributed by atoms with Crippen molar-refractivity contribution in [3.05, 3.63) is 76.5 Å². The van der Waals surface area contributed by atoms with Crippen LogP contribution in [0.1, 0.15) is 18.9 Å². The molecule has 8 heteroatoms. The summed E-state index contributed by atoms with van der Waals surface area (Å²) in [5.41, 5.74) is 0.436. The van der Waals surface area contributed by atoms with Crippen LogP contribution in [0.5, 0.6) is 0 Å². The van der Waals surface area contributed by atoms with Crippen LogP contribution in [-0.2, 0) is 16.6 Å². The molecule has 4 rings (SSSR count). The van der Waals surface area contributed by atoms with Crippen molar-refractivity contribution in [2.45, 2.75) is 30.8 Å². The molecule has 1 fully saturated rings. The second kappa shape index (κ2) is 8.29. The van der Waals surface area contributed by atoms with Gasteiger partial charge in [-0.2, -0.15) is 4.31 Å². The highest BCUT2D eigenvalue weighted by Crippen LogP contribution is 2.27. The van der Waals surface area contributed by atoms with Gasteiger partial charge < -0.3 is 9.88 Å². The Bertz CT molecular complexity index is 1230. The lowest BCUT2D eigenvalue weighted by Crippen LogP contribution is -2.39. The van der Waals surface area contributed by atoms with E-state index in [2.05, 4.69) is 5.32 Å². The molecule has 1 atom stereocenters. The first-order valence-electron chi connectivity index (χ1n) is 9.97. The van der Waals surface area contributed by atoms with Crippen molar-refractivity contribution in [2.24, 2.45) is 0 Å². The van der Waals surface area contributed by atoms with E-state index in [9.17, 15) is 13.2 Å². The van der Waals surface area contributed by atoms with Gasteiger partial charge in [0, 0.05) is 30.7 Å². The summed E-state index contributed by atoms with van der Waals surface area (Å²) in [6, 6.07) is 13.6. The number of aromatic nitrogens is 1. The minimum atomic E-state index is -3.95. The molecule has 1 aliphatic heterocycles. The smallest absolute Gasteiger partial charge is 0.258 e. The van der Waals surface area contributed by atoms with Gasteiger partial charge >= 0.3 is 0 Å². The number of pyridine rings is 1. The third-order valence-corrected chi connectivity index (χ3v) is 7.30. The lowest BCUT2D eigenvalue weighted by Gasteiger charge is -2.23. The van der Waals surface area contributed by atoms with Crippen LogP contribution >= 0.6 is 0 Å². The average Bonchev–Trinajstić information content (AvgIpc) is 2.97. The molecule has 6 nitrogen and oxygen atoms in total. The molecule has 0 saturated carbocycles. The molecule has 1 N–H and O–H groups in total. The van der Waals surface area contributed by atoms with Gasteiger partial charge in [0.05, 0.1) is 16.8 Å². The summed E-state index contributed by atoms with van der Waals surface area (Å²) in [6.45, 7) is 3.49. The van der Waals surface area contributed by atoms with Crippen LogP contribution in [0, 0.1) is 5.82 Å². The van der Waals surface area contributed by atoms with Crippen molar-refractivity contribution < 1.29 is 12.8 Å². The third-order valence-electron chi connectivity index (χ3n) is 5.39. The van der Waals surface area contributed by atoms with E-state index < -0.39 is 21.4 Å². The fourth-order valence-corrected chi connectivity index (χ4v) is 5.69.